The predicted octanol–water partition coefficient (Wildman–Crippen LogP) is 15.9. The molecule has 0 atom stereocenters. The first-order chi connectivity index (χ1) is 29.5. The maximum atomic E-state index is 6.39. The second-order valence-corrected chi connectivity index (χ2v) is 16.9. The topological polar surface area (TPSA) is 21.3 Å². The fraction of sp³-hybridized carbons (Fsp3) is 0.0526. The van der Waals surface area contributed by atoms with Gasteiger partial charge in [0, 0.05) is 49.7 Å². The Morgan fingerprint density at radius 2 is 1.02 bits per heavy atom. The minimum absolute atomic E-state index is 0.123. The van der Waals surface area contributed by atoms with Gasteiger partial charge >= 0.3 is 0 Å². The molecule has 13 rings (SSSR count). The fourth-order valence-corrected chi connectivity index (χ4v) is 10.5. The molecular weight excluding hydrogens is 729 g/mol. The van der Waals surface area contributed by atoms with E-state index in [1.54, 1.807) is 0 Å². The molecule has 3 heteroatoms. The van der Waals surface area contributed by atoms with E-state index in [9.17, 15) is 0 Å². The monoisotopic (exact) mass is 766 g/mol. The molecule has 0 N–H and O–H groups in total. The average molecular weight is 767 g/mol. The van der Waals surface area contributed by atoms with E-state index in [0.29, 0.717) is 0 Å². The highest BCUT2D eigenvalue weighted by Crippen LogP contribution is 2.51. The van der Waals surface area contributed by atoms with Crippen LogP contribution in [0.3, 0.4) is 0 Å². The van der Waals surface area contributed by atoms with E-state index in [-0.39, 0.29) is 5.41 Å². The Morgan fingerprint density at radius 3 is 1.83 bits per heavy atom. The zero-order valence-electron chi connectivity index (χ0n) is 33.3. The summed E-state index contributed by atoms with van der Waals surface area (Å²) in [5.74, 6) is 0. The lowest BCUT2D eigenvalue weighted by atomic mass is 9.82. The fourth-order valence-electron chi connectivity index (χ4n) is 10.5. The van der Waals surface area contributed by atoms with Crippen LogP contribution < -0.4 is 4.90 Å². The summed E-state index contributed by atoms with van der Waals surface area (Å²) in [6.45, 7) is 4.72. The number of hydrogen-bond acceptors (Lipinski definition) is 2. The highest BCUT2D eigenvalue weighted by molar-refractivity contribution is 6.33. The van der Waals surface area contributed by atoms with Crippen LogP contribution >= 0.6 is 0 Å². The lowest BCUT2D eigenvalue weighted by Gasteiger charge is -2.28. The third-order valence-electron chi connectivity index (χ3n) is 13.3. The molecule has 2 heterocycles. The molecule has 10 aromatic carbocycles. The molecule has 0 amide bonds. The van der Waals surface area contributed by atoms with Crippen LogP contribution in [0, 0.1) is 0 Å². The summed E-state index contributed by atoms with van der Waals surface area (Å²) in [5, 5.41) is 9.80. The molecule has 0 saturated carbocycles. The van der Waals surface area contributed by atoms with Gasteiger partial charge in [-0.3, -0.25) is 0 Å². The van der Waals surface area contributed by atoms with Crippen molar-refractivity contribution < 1.29 is 4.42 Å². The second-order valence-electron chi connectivity index (χ2n) is 16.9. The Labute approximate surface area is 347 Å². The van der Waals surface area contributed by atoms with Crippen molar-refractivity contribution in [2.24, 2.45) is 0 Å². The van der Waals surface area contributed by atoms with Gasteiger partial charge in [0.1, 0.15) is 11.2 Å². The van der Waals surface area contributed by atoms with Crippen LogP contribution in [0.15, 0.2) is 199 Å². The Morgan fingerprint density at radius 1 is 0.400 bits per heavy atom. The molecule has 282 valence electrons. The number of rotatable bonds is 5. The Balaban J connectivity index is 0.984. The molecule has 0 fully saturated rings. The lowest BCUT2D eigenvalue weighted by molar-refractivity contribution is 0.660. The number of hydrogen-bond donors (Lipinski definition) is 0. The van der Waals surface area contributed by atoms with Crippen molar-refractivity contribution in [3.8, 4) is 27.9 Å². The second kappa shape index (κ2) is 12.2. The number of furan rings is 1. The van der Waals surface area contributed by atoms with Gasteiger partial charge in [-0.25, -0.2) is 0 Å². The van der Waals surface area contributed by atoms with Gasteiger partial charge in [0.15, 0.2) is 0 Å². The van der Waals surface area contributed by atoms with Crippen LogP contribution in [-0.2, 0) is 5.41 Å². The minimum Gasteiger partial charge on any atom is -0.456 e. The summed E-state index contributed by atoms with van der Waals surface area (Å²) in [6.07, 6.45) is 0. The van der Waals surface area contributed by atoms with Crippen LogP contribution in [-0.4, -0.2) is 4.57 Å². The molecule has 0 saturated heterocycles. The number of benzene rings is 10. The summed E-state index contributed by atoms with van der Waals surface area (Å²) < 4.78 is 8.77. The van der Waals surface area contributed by atoms with Gasteiger partial charge in [0.25, 0.3) is 0 Å². The summed E-state index contributed by atoms with van der Waals surface area (Å²) >= 11 is 0. The largest absolute Gasteiger partial charge is 0.456 e. The van der Waals surface area contributed by atoms with Crippen molar-refractivity contribution in [3.63, 3.8) is 0 Å². The Hall–Kier alpha value is -7.62. The molecule has 0 spiro atoms. The van der Waals surface area contributed by atoms with Crippen LogP contribution in [0.25, 0.3) is 93.2 Å². The van der Waals surface area contributed by atoms with Crippen molar-refractivity contribution in [2.45, 2.75) is 19.3 Å². The van der Waals surface area contributed by atoms with E-state index in [4.69, 9.17) is 4.42 Å². The molecule has 1 aliphatic carbocycles. The number of para-hydroxylation sites is 2. The normalized spacial score (nSPS) is 13.3. The summed E-state index contributed by atoms with van der Waals surface area (Å²) in [7, 11) is 0. The molecule has 1 aliphatic rings. The smallest absolute Gasteiger partial charge is 0.136 e. The van der Waals surface area contributed by atoms with Crippen LogP contribution in [0.4, 0.5) is 17.1 Å². The Bertz CT molecular complexity index is 3680. The molecule has 0 bridgehead atoms. The summed E-state index contributed by atoms with van der Waals surface area (Å²) in [5.41, 5.74) is 16.4. The quantitative estimate of drug-likeness (QED) is 0.163. The van der Waals surface area contributed by atoms with Gasteiger partial charge < -0.3 is 13.9 Å². The molecule has 0 radical (unpaired) electrons. The van der Waals surface area contributed by atoms with Crippen LogP contribution in [0.1, 0.15) is 25.0 Å². The van der Waals surface area contributed by atoms with Gasteiger partial charge in [-0.2, -0.15) is 0 Å². The first kappa shape index (κ1) is 33.4. The highest BCUT2D eigenvalue weighted by atomic mass is 16.3. The van der Waals surface area contributed by atoms with Gasteiger partial charge in [-0.1, -0.05) is 129 Å². The molecule has 0 unspecified atom stereocenters. The third kappa shape index (κ3) is 4.60. The van der Waals surface area contributed by atoms with Crippen LogP contribution in [0.5, 0.6) is 0 Å². The van der Waals surface area contributed by atoms with Gasteiger partial charge in [0.05, 0.1) is 11.0 Å². The zero-order valence-corrected chi connectivity index (χ0v) is 33.3. The Kier molecular flexibility index (Phi) is 6.78. The van der Waals surface area contributed by atoms with E-state index < -0.39 is 0 Å². The van der Waals surface area contributed by atoms with E-state index in [1.165, 1.54) is 93.2 Å². The van der Waals surface area contributed by atoms with Gasteiger partial charge in [0.2, 0.25) is 0 Å². The maximum absolute atomic E-state index is 6.39. The van der Waals surface area contributed by atoms with Crippen molar-refractivity contribution in [1.29, 1.82) is 0 Å². The predicted molar refractivity (Wildman–Crippen MR) is 252 cm³/mol. The zero-order chi connectivity index (χ0) is 39.7. The molecule has 60 heavy (non-hydrogen) atoms. The van der Waals surface area contributed by atoms with E-state index in [1.807, 2.05) is 0 Å². The van der Waals surface area contributed by atoms with Crippen molar-refractivity contribution >= 4 is 82.4 Å². The number of fused-ring (bicyclic) bond motifs is 9. The molecule has 12 aromatic rings. The molecular formula is C57H38N2O. The highest BCUT2D eigenvalue weighted by Gasteiger charge is 2.36. The van der Waals surface area contributed by atoms with Gasteiger partial charge in [-0.05, 0) is 134 Å². The van der Waals surface area contributed by atoms with E-state index in [2.05, 4.69) is 217 Å². The molecule has 2 aromatic heterocycles. The van der Waals surface area contributed by atoms with Crippen molar-refractivity contribution in [1.82, 2.24) is 4.57 Å². The van der Waals surface area contributed by atoms with E-state index >= 15 is 0 Å². The maximum Gasteiger partial charge on any atom is 0.136 e. The first-order valence-corrected chi connectivity index (χ1v) is 20.8. The molecule has 0 aliphatic heterocycles. The first-order valence-electron chi connectivity index (χ1n) is 20.8. The number of aromatic nitrogens is 1. The SMILES string of the molecule is CC1(C)c2ccccc2-c2ccc(N(c3ccc(-c4ccc5c(c4)c4ccccc4n5-c4ccccc4)cc3)c3ccc4c(c3)c3cccc5oc6cccc4c6c53)cc21. The average Bonchev–Trinajstić information content (AvgIpc) is 3.92. The van der Waals surface area contributed by atoms with Gasteiger partial charge in [-0.15, -0.1) is 0 Å². The third-order valence-corrected chi connectivity index (χ3v) is 13.3. The molecule has 3 nitrogen and oxygen atoms in total. The minimum atomic E-state index is -0.123. The van der Waals surface area contributed by atoms with Crippen molar-refractivity contribution in [3.05, 3.63) is 205 Å². The lowest BCUT2D eigenvalue weighted by Crippen LogP contribution is -2.16. The van der Waals surface area contributed by atoms with E-state index in [0.717, 1.165) is 28.2 Å². The van der Waals surface area contributed by atoms with Crippen LogP contribution in [0.2, 0.25) is 0 Å². The summed E-state index contributed by atoms with van der Waals surface area (Å²) in [6, 6.07) is 71.3. The summed E-state index contributed by atoms with van der Waals surface area (Å²) in [4.78, 5) is 2.44. The number of anilines is 3. The number of nitrogens with zero attached hydrogens (tertiary/aromatic N) is 2. The van der Waals surface area contributed by atoms with Crippen molar-refractivity contribution in [2.75, 3.05) is 4.90 Å². The standard InChI is InChI=1S/C57H38N2O/c1-57(2)49-18-8-6-14-42(49)43-30-28-40(34-50(43)57)58(39-27-29-41-45-16-10-20-53-55(45)56-46(47(41)33-39)17-11-21-54(56)60-53)38-25-22-35(23-26-38)36-24-31-52-48(32-36)44-15-7-9-19-51(44)59(52)37-12-4-3-5-13-37/h3-34H,1-2H3.